The summed E-state index contributed by atoms with van der Waals surface area (Å²) in [5.74, 6) is 0.839. The van der Waals surface area contributed by atoms with Crippen molar-refractivity contribution in [3.05, 3.63) is 29.3 Å². The number of rotatable bonds is 2. The summed E-state index contributed by atoms with van der Waals surface area (Å²) in [7, 11) is 0. The fourth-order valence-electron chi connectivity index (χ4n) is 3.29. The molecule has 1 amide bonds. The first-order chi connectivity index (χ1) is 8.09. The maximum Gasteiger partial charge on any atom is 0.221 e. The van der Waals surface area contributed by atoms with Crippen molar-refractivity contribution in [3.63, 3.8) is 0 Å². The smallest absolute Gasteiger partial charge is 0.221 e. The molecule has 3 rings (SSSR count). The van der Waals surface area contributed by atoms with Gasteiger partial charge < -0.3 is 10.6 Å². The number of benzene rings is 1. The number of hydrogen-bond donors (Lipinski definition) is 1. The van der Waals surface area contributed by atoms with E-state index in [2.05, 4.69) is 17.9 Å². The number of piperidine rings is 1. The van der Waals surface area contributed by atoms with Crippen LogP contribution in [-0.2, 0) is 4.79 Å². The lowest BCUT2D eigenvalue weighted by Gasteiger charge is -2.28. The Morgan fingerprint density at radius 2 is 2.29 bits per heavy atom. The molecule has 1 saturated carbocycles. The summed E-state index contributed by atoms with van der Waals surface area (Å²) in [5, 5.41) is 0.752. The van der Waals surface area contributed by atoms with Gasteiger partial charge in [-0.05, 0) is 37.0 Å². The summed E-state index contributed by atoms with van der Waals surface area (Å²) in [6.07, 6.45) is 0. The zero-order chi connectivity index (χ0) is 12.2. The van der Waals surface area contributed by atoms with E-state index < -0.39 is 0 Å². The standard InChI is InChI=1S/C13H15ClN2O/c1-7-11-10(12(11)13(15)17)6-16(7)9-4-2-3-8(14)5-9/h2-5,7,10-12H,6H2,1H3,(H2,15,17)/t7?,10-,11+,12+/m0/s1. The number of carbonyl (C=O) groups is 1. The van der Waals surface area contributed by atoms with Gasteiger partial charge in [0.2, 0.25) is 5.91 Å². The Bertz CT molecular complexity index is 476. The molecule has 1 aromatic rings. The fourth-order valence-corrected chi connectivity index (χ4v) is 3.48. The van der Waals surface area contributed by atoms with Gasteiger partial charge in [-0.1, -0.05) is 17.7 Å². The average molecular weight is 251 g/mol. The van der Waals surface area contributed by atoms with Gasteiger partial charge in [-0.25, -0.2) is 0 Å². The van der Waals surface area contributed by atoms with E-state index in [1.165, 1.54) is 0 Å². The van der Waals surface area contributed by atoms with E-state index in [-0.39, 0.29) is 11.8 Å². The van der Waals surface area contributed by atoms with Crippen LogP contribution in [0, 0.1) is 17.8 Å². The monoisotopic (exact) mass is 250 g/mol. The molecule has 0 bridgehead atoms. The predicted molar refractivity (Wildman–Crippen MR) is 67.9 cm³/mol. The zero-order valence-electron chi connectivity index (χ0n) is 9.64. The lowest BCUT2D eigenvalue weighted by atomic mass is 10.1. The molecular formula is C13H15ClN2O. The van der Waals surface area contributed by atoms with Crippen molar-refractivity contribution in [1.82, 2.24) is 0 Å². The van der Waals surface area contributed by atoms with Crippen LogP contribution in [0.2, 0.25) is 5.02 Å². The highest BCUT2D eigenvalue weighted by atomic mass is 35.5. The van der Waals surface area contributed by atoms with Crippen LogP contribution in [0.1, 0.15) is 6.92 Å². The number of halogens is 1. The number of amides is 1. The first-order valence-corrected chi connectivity index (χ1v) is 6.29. The molecule has 4 atom stereocenters. The van der Waals surface area contributed by atoms with Crippen LogP contribution in [0.4, 0.5) is 5.69 Å². The number of nitrogens with zero attached hydrogens (tertiary/aromatic N) is 1. The molecule has 3 nitrogen and oxygen atoms in total. The molecule has 17 heavy (non-hydrogen) atoms. The van der Waals surface area contributed by atoms with Gasteiger partial charge >= 0.3 is 0 Å². The average Bonchev–Trinajstić information content (AvgIpc) is 2.90. The SMILES string of the molecule is CC1[C@@H]2[C@H](CN1c1cccc(Cl)c1)[C@H]2C(N)=O. The van der Waals surface area contributed by atoms with Gasteiger partial charge in [0, 0.05) is 29.2 Å². The molecule has 1 aliphatic heterocycles. The highest BCUT2D eigenvalue weighted by Gasteiger charge is 2.62. The number of anilines is 1. The summed E-state index contributed by atoms with van der Waals surface area (Å²) in [6, 6.07) is 8.24. The second kappa shape index (κ2) is 3.64. The molecule has 2 N–H and O–H groups in total. The van der Waals surface area contributed by atoms with Gasteiger partial charge in [0.25, 0.3) is 0 Å². The normalized spacial score (nSPS) is 34.6. The van der Waals surface area contributed by atoms with Crippen LogP contribution in [0.3, 0.4) is 0 Å². The lowest BCUT2D eigenvalue weighted by molar-refractivity contribution is -0.119. The minimum absolute atomic E-state index is 0.0976. The Kier molecular flexibility index (Phi) is 2.33. The minimum Gasteiger partial charge on any atom is -0.369 e. The molecule has 1 saturated heterocycles. The third-order valence-electron chi connectivity index (χ3n) is 4.15. The minimum atomic E-state index is -0.141. The summed E-state index contributed by atoms with van der Waals surface area (Å²) in [4.78, 5) is 13.5. The molecule has 2 aliphatic rings. The number of hydrogen-bond acceptors (Lipinski definition) is 2. The second-order valence-electron chi connectivity index (χ2n) is 5.04. The quantitative estimate of drug-likeness (QED) is 0.872. The molecule has 4 heteroatoms. The van der Waals surface area contributed by atoms with Crippen LogP contribution in [-0.4, -0.2) is 18.5 Å². The number of carbonyl (C=O) groups excluding carboxylic acids is 1. The summed E-state index contributed by atoms with van der Waals surface area (Å²) in [5.41, 5.74) is 6.52. The van der Waals surface area contributed by atoms with Crippen LogP contribution < -0.4 is 10.6 Å². The zero-order valence-corrected chi connectivity index (χ0v) is 10.4. The van der Waals surface area contributed by atoms with E-state index in [1.807, 2.05) is 18.2 Å². The van der Waals surface area contributed by atoms with Crippen molar-refractivity contribution in [1.29, 1.82) is 0 Å². The summed E-state index contributed by atoms with van der Waals surface area (Å²) >= 11 is 6.00. The van der Waals surface area contributed by atoms with Gasteiger partial charge in [0.1, 0.15) is 0 Å². The molecule has 0 spiro atoms. The second-order valence-corrected chi connectivity index (χ2v) is 5.48. The van der Waals surface area contributed by atoms with Crippen LogP contribution in [0.5, 0.6) is 0 Å². The van der Waals surface area contributed by atoms with Crippen molar-refractivity contribution < 1.29 is 4.79 Å². The van der Waals surface area contributed by atoms with Gasteiger partial charge in [-0.3, -0.25) is 4.79 Å². The van der Waals surface area contributed by atoms with E-state index in [0.29, 0.717) is 17.9 Å². The third-order valence-corrected chi connectivity index (χ3v) is 4.39. The van der Waals surface area contributed by atoms with Crippen molar-refractivity contribution in [2.75, 3.05) is 11.4 Å². The van der Waals surface area contributed by atoms with Crippen molar-refractivity contribution in [3.8, 4) is 0 Å². The highest BCUT2D eigenvalue weighted by Crippen LogP contribution is 2.55. The number of fused-ring (bicyclic) bond motifs is 1. The molecule has 1 aliphatic carbocycles. The van der Waals surface area contributed by atoms with Gasteiger partial charge in [0.05, 0.1) is 0 Å². The van der Waals surface area contributed by atoms with Crippen LogP contribution in [0.25, 0.3) is 0 Å². The Hall–Kier alpha value is -1.22. The maximum absolute atomic E-state index is 11.2. The molecule has 0 radical (unpaired) electrons. The molecule has 2 fully saturated rings. The van der Waals surface area contributed by atoms with Crippen molar-refractivity contribution in [2.45, 2.75) is 13.0 Å². The summed E-state index contributed by atoms with van der Waals surface area (Å²) < 4.78 is 0. The Balaban J connectivity index is 1.80. The topological polar surface area (TPSA) is 46.3 Å². The van der Waals surface area contributed by atoms with Crippen LogP contribution >= 0.6 is 11.6 Å². The third kappa shape index (κ3) is 1.61. The molecular weight excluding hydrogens is 236 g/mol. The maximum atomic E-state index is 11.2. The molecule has 1 unspecified atom stereocenters. The molecule has 90 valence electrons. The highest BCUT2D eigenvalue weighted by molar-refractivity contribution is 6.30. The van der Waals surface area contributed by atoms with Crippen LogP contribution in [0.15, 0.2) is 24.3 Å². The van der Waals surface area contributed by atoms with Crippen molar-refractivity contribution in [2.24, 2.45) is 23.5 Å². The largest absolute Gasteiger partial charge is 0.369 e. The fraction of sp³-hybridized carbons (Fsp3) is 0.462. The van der Waals surface area contributed by atoms with E-state index >= 15 is 0 Å². The number of nitrogens with two attached hydrogens (primary N) is 1. The molecule has 1 aromatic carbocycles. The van der Waals surface area contributed by atoms with E-state index in [4.69, 9.17) is 17.3 Å². The first-order valence-electron chi connectivity index (χ1n) is 5.91. The Labute approximate surface area is 106 Å². The van der Waals surface area contributed by atoms with Crippen molar-refractivity contribution >= 4 is 23.2 Å². The van der Waals surface area contributed by atoms with E-state index in [9.17, 15) is 4.79 Å². The van der Waals surface area contributed by atoms with E-state index in [1.54, 1.807) is 0 Å². The number of primary amides is 1. The molecule has 1 heterocycles. The Morgan fingerprint density at radius 1 is 1.53 bits per heavy atom. The van der Waals surface area contributed by atoms with Gasteiger partial charge in [-0.15, -0.1) is 0 Å². The van der Waals surface area contributed by atoms with Gasteiger partial charge in [0.15, 0.2) is 0 Å². The Morgan fingerprint density at radius 3 is 2.82 bits per heavy atom. The lowest BCUT2D eigenvalue weighted by Crippen LogP contribution is -2.34. The molecule has 0 aromatic heterocycles. The summed E-state index contributed by atoms with van der Waals surface area (Å²) in [6.45, 7) is 3.08. The predicted octanol–water partition coefficient (Wildman–Crippen LogP) is 1.90. The van der Waals surface area contributed by atoms with E-state index in [0.717, 1.165) is 17.3 Å². The first kappa shape index (κ1) is 10.9. The van der Waals surface area contributed by atoms with Gasteiger partial charge in [-0.2, -0.15) is 0 Å².